The van der Waals surface area contributed by atoms with Gasteiger partial charge in [-0.1, -0.05) is 24.6 Å². The molecule has 0 fully saturated rings. The molecule has 154 valence electrons. The van der Waals surface area contributed by atoms with Gasteiger partial charge in [-0.2, -0.15) is 0 Å². The van der Waals surface area contributed by atoms with Gasteiger partial charge in [0, 0.05) is 4.88 Å². The fourth-order valence-electron chi connectivity index (χ4n) is 3.41. The second kappa shape index (κ2) is 9.22. The van der Waals surface area contributed by atoms with Gasteiger partial charge in [0.15, 0.2) is 6.61 Å². The Morgan fingerprint density at radius 1 is 1.21 bits per heavy atom. The van der Waals surface area contributed by atoms with E-state index in [1.807, 2.05) is 13.0 Å². The van der Waals surface area contributed by atoms with Crippen molar-refractivity contribution in [2.24, 2.45) is 5.92 Å². The number of nitrogens with one attached hydrogen (secondary N) is 1. The Morgan fingerprint density at radius 3 is 2.72 bits per heavy atom. The number of aryl methyl sites for hydroxylation is 1. The SMILES string of the molecule is CCOC(=O)c1c(NC(=O)COC(=O)c2cccc(C)c2)sc2c1CC[C@H](C)C2. The average molecular weight is 416 g/mol. The molecule has 1 aliphatic carbocycles. The molecule has 1 N–H and O–H groups in total. The Kier molecular flexibility index (Phi) is 6.69. The monoisotopic (exact) mass is 415 g/mol. The molecule has 0 unspecified atom stereocenters. The summed E-state index contributed by atoms with van der Waals surface area (Å²) in [4.78, 5) is 38.1. The zero-order chi connectivity index (χ0) is 21.0. The summed E-state index contributed by atoms with van der Waals surface area (Å²) in [7, 11) is 0. The van der Waals surface area contributed by atoms with Crippen molar-refractivity contribution in [2.45, 2.75) is 40.0 Å². The van der Waals surface area contributed by atoms with Crippen LogP contribution in [0, 0.1) is 12.8 Å². The number of fused-ring (bicyclic) bond motifs is 1. The van der Waals surface area contributed by atoms with Gasteiger partial charge in [-0.15, -0.1) is 11.3 Å². The van der Waals surface area contributed by atoms with Crippen molar-refractivity contribution in [3.8, 4) is 0 Å². The summed E-state index contributed by atoms with van der Waals surface area (Å²) in [5, 5.41) is 3.21. The summed E-state index contributed by atoms with van der Waals surface area (Å²) < 4.78 is 10.3. The fourth-order valence-corrected chi connectivity index (χ4v) is 4.82. The third-order valence-electron chi connectivity index (χ3n) is 4.83. The van der Waals surface area contributed by atoms with Crippen molar-refractivity contribution in [3.05, 3.63) is 51.4 Å². The van der Waals surface area contributed by atoms with Crippen LogP contribution in [-0.4, -0.2) is 31.1 Å². The number of esters is 2. The van der Waals surface area contributed by atoms with Gasteiger partial charge in [-0.05, 0) is 56.7 Å². The Morgan fingerprint density at radius 2 is 2.00 bits per heavy atom. The highest BCUT2D eigenvalue weighted by molar-refractivity contribution is 7.17. The second-order valence-corrected chi connectivity index (χ2v) is 8.38. The Labute approximate surface area is 174 Å². The minimum absolute atomic E-state index is 0.265. The largest absolute Gasteiger partial charge is 0.462 e. The molecule has 3 rings (SSSR count). The summed E-state index contributed by atoms with van der Waals surface area (Å²) in [5.74, 6) is -0.932. The van der Waals surface area contributed by atoms with Crippen molar-refractivity contribution in [2.75, 3.05) is 18.5 Å². The maximum atomic E-state index is 12.5. The van der Waals surface area contributed by atoms with Gasteiger partial charge in [0.1, 0.15) is 5.00 Å². The van der Waals surface area contributed by atoms with E-state index in [2.05, 4.69) is 12.2 Å². The molecule has 0 saturated carbocycles. The zero-order valence-electron chi connectivity index (χ0n) is 16.9. The molecule has 1 aromatic carbocycles. The lowest BCUT2D eigenvalue weighted by molar-refractivity contribution is -0.119. The maximum Gasteiger partial charge on any atom is 0.341 e. The van der Waals surface area contributed by atoms with E-state index in [1.165, 1.54) is 11.3 Å². The molecular weight excluding hydrogens is 390 g/mol. The topological polar surface area (TPSA) is 81.7 Å². The fraction of sp³-hybridized carbons (Fsp3) is 0.409. The van der Waals surface area contributed by atoms with Crippen LogP contribution in [0.15, 0.2) is 24.3 Å². The first kappa shape index (κ1) is 21.0. The number of hydrogen-bond acceptors (Lipinski definition) is 6. The number of hydrogen-bond donors (Lipinski definition) is 1. The van der Waals surface area contributed by atoms with Gasteiger partial charge >= 0.3 is 11.9 Å². The Hall–Kier alpha value is -2.67. The third kappa shape index (κ3) is 5.03. The van der Waals surface area contributed by atoms with E-state index in [1.54, 1.807) is 25.1 Å². The van der Waals surface area contributed by atoms with Crippen LogP contribution in [0.5, 0.6) is 0 Å². The van der Waals surface area contributed by atoms with Gasteiger partial charge in [-0.3, -0.25) is 4.79 Å². The van der Waals surface area contributed by atoms with Crippen LogP contribution >= 0.6 is 11.3 Å². The number of carbonyl (C=O) groups is 3. The summed E-state index contributed by atoms with van der Waals surface area (Å²) in [5.41, 5.74) is 2.74. The van der Waals surface area contributed by atoms with Crippen LogP contribution < -0.4 is 5.32 Å². The van der Waals surface area contributed by atoms with E-state index >= 15 is 0 Å². The Balaban J connectivity index is 1.71. The number of carbonyl (C=O) groups excluding carboxylic acids is 3. The van der Waals surface area contributed by atoms with Crippen molar-refractivity contribution >= 4 is 34.2 Å². The van der Waals surface area contributed by atoms with Gasteiger partial charge in [0.05, 0.1) is 17.7 Å². The van der Waals surface area contributed by atoms with Crippen molar-refractivity contribution in [1.82, 2.24) is 0 Å². The zero-order valence-corrected chi connectivity index (χ0v) is 17.7. The van der Waals surface area contributed by atoms with Crippen molar-refractivity contribution in [3.63, 3.8) is 0 Å². The van der Waals surface area contributed by atoms with E-state index < -0.39 is 24.5 Å². The lowest BCUT2D eigenvalue weighted by Gasteiger charge is -2.18. The van der Waals surface area contributed by atoms with Crippen LogP contribution in [0.4, 0.5) is 5.00 Å². The first-order valence-electron chi connectivity index (χ1n) is 9.74. The van der Waals surface area contributed by atoms with Gasteiger partial charge < -0.3 is 14.8 Å². The summed E-state index contributed by atoms with van der Waals surface area (Å²) in [6, 6.07) is 6.97. The van der Waals surface area contributed by atoms with Crippen LogP contribution in [-0.2, 0) is 27.1 Å². The number of ether oxygens (including phenoxy) is 2. The van der Waals surface area contributed by atoms with E-state index in [-0.39, 0.29) is 6.61 Å². The predicted octanol–water partition coefficient (Wildman–Crippen LogP) is 4.15. The first-order valence-corrected chi connectivity index (χ1v) is 10.6. The smallest absolute Gasteiger partial charge is 0.341 e. The van der Waals surface area contributed by atoms with Crippen LogP contribution in [0.3, 0.4) is 0 Å². The van der Waals surface area contributed by atoms with E-state index in [0.29, 0.717) is 22.0 Å². The van der Waals surface area contributed by atoms with Crippen LogP contribution in [0.1, 0.15) is 57.0 Å². The molecule has 1 atom stereocenters. The number of amides is 1. The number of anilines is 1. The van der Waals surface area contributed by atoms with Crippen LogP contribution in [0.2, 0.25) is 0 Å². The lowest BCUT2D eigenvalue weighted by Crippen LogP contribution is -2.22. The number of benzene rings is 1. The quantitative estimate of drug-likeness (QED) is 0.717. The van der Waals surface area contributed by atoms with Crippen LogP contribution in [0.25, 0.3) is 0 Å². The third-order valence-corrected chi connectivity index (χ3v) is 6.00. The molecule has 1 amide bonds. The predicted molar refractivity (Wildman–Crippen MR) is 112 cm³/mol. The highest BCUT2D eigenvalue weighted by atomic mass is 32.1. The molecule has 1 aromatic heterocycles. The summed E-state index contributed by atoms with van der Waals surface area (Å²) in [6.45, 7) is 5.65. The molecule has 2 aromatic rings. The number of thiophene rings is 1. The van der Waals surface area contributed by atoms with Gasteiger partial charge in [0.2, 0.25) is 0 Å². The Bertz CT molecular complexity index is 933. The average Bonchev–Trinajstić information content (AvgIpc) is 3.03. The first-order chi connectivity index (χ1) is 13.9. The molecule has 0 spiro atoms. The van der Waals surface area contributed by atoms with Crippen molar-refractivity contribution in [1.29, 1.82) is 0 Å². The second-order valence-electron chi connectivity index (χ2n) is 7.27. The highest BCUT2D eigenvalue weighted by Crippen LogP contribution is 2.40. The minimum atomic E-state index is -0.561. The molecule has 0 bridgehead atoms. The lowest BCUT2D eigenvalue weighted by atomic mass is 9.88. The molecule has 6 nitrogen and oxygen atoms in total. The molecule has 1 heterocycles. The molecule has 1 aliphatic rings. The van der Waals surface area contributed by atoms with E-state index in [9.17, 15) is 14.4 Å². The standard InChI is InChI=1S/C22H25NO5S/c1-4-27-22(26)19-16-9-8-14(3)11-17(16)29-20(19)23-18(24)12-28-21(25)15-7-5-6-13(2)10-15/h5-7,10,14H,4,8-9,11-12H2,1-3H3,(H,23,24)/t14-/m0/s1. The number of rotatable bonds is 6. The minimum Gasteiger partial charge on any atom is -0.462 e. The summed E-state index contributed by atoms with van der Waals surface area (Å²) in [6.07, 6.45) is 2.67. The summed E-state index contributed by atoms with van der Waals surface area (Å²) >= 11 is 1.41. The normalized spacial score (nSPS) is 15.3. The maximum absolute atomic E-state index is 12.5. The van der Waals surface area contributed by atoms with E-state index in [0.717, 1.165) is 35.3 Å². The van der Waals surface area contributed by atoms with Gasteiger partial charge in [-0.25, -0.2) is 9.59 Å². The van der Waals surface area contributed by atoms with Gasteiger partial charge in [0.25, 0.3) is 5.91 Å². The van der Waals surface area contributed by atoms with Crippen molar-refractivity contribution < 1.29 is 23.9 Å². The molecular formula is C22H25NO5S. The highest BCUT2D eigenvalue weighted by Gasteiger charge is 2.29. The molecule has 0 saturated heterocycles. The molecule has 29 heavy (non-hydrogen) atoms. The molecule has 7 heteroatoms. The molecule has 0 radical (unpaired) electrons. The molecule has 0 aliphatic heterocycles. The van der Waals surface area contributed by atoms with E-state index in [4.69, 9.17) is 9.47 Å².